The average molecular weight is 410 g/mol. The molecule has 0 aliphatic rings. The van der Waals surface area contributed by atoms with Crippen LogP contribution >= 0.6 is 0 Å². The van der Waals surface area contributed by atoms with E-state index < -0.39 is 37.5 Å². The first kappa shape index (κ1) is 23.5. The molecule has 0 fully saturated rings. The first-order valence-electron chi connectivity index (χ1n) is 8.81. The largest absolute Gasteiger partial charge is 0.468 e. The van der Waals surface area contributed by atoms with E-state index in [9.17, 15) is 23.3 Å². The van der Waals surface area contributed by atoms with Crippen LogP contribution < -0.4 is 0 Å². The van der Waals surface area contributed by atoms with Crippen molar-refractivity contribution in [2.45, 2.75) is 43.5 Å². The van der Waals surface area contributed by atoms with Gasteiger partial charge in [-0.25, -0.2) is 8.42 Å². The summed E-state index contributed by atoms with van der Waals surface area (Å²) in [4.78, 5) is 22.4. The Labute approximate surface area is 165 Å². The van der Waals surface area contributed by atoms with Gasteiger partial charge in [0.25, 0.3) is 15.7 Å². The zero-order valence-corrected chi connectivity index (χ0v) is 17.0. The molecule has 0 aliphatic heterocycles. The first-order valence-corrected chi connectivity index (χ1v) is 10.2. The number of nitro benzene ring substituents is 1. The van der Waals surface area contributed by atoms with Crippen LogP contribution in [-0.4, -0.2) is 43.3 Å². The maximum atomic E-state index is 13.3. The molecule has 0 amide bonds. The normalized spacial score (nSPS) is 12.4. The van der Waals surface area contributed by atoms with E-state index in [0.29, 0.717) is 12.8 Å². The number of esters is 1. The molecular formula is C19H26N2O6S. The van der Waals surface area contributed by atoms with Crippen LogP contribution in [0.15, 0.2) is 54.0 Å². The summed E-state index contributed by atoms with van der Waals surface area (Å²) in [6.45, 7) is 9.41. The van der Waals surface area contributed by atoms with Gasteiger partial charge in [0.1, 0.15) is 6.04 Å². The second-order valence-electron chi connectivity index (χ2n) is 6.15. The first-order chi connectivity index (χ1) is 13.2. The fourth-order valence-corrected chi connectivity index (χ4v) is 4.52. The summed E-state index contributed by atoms with van der Waals surface area (Å²) in [5.74, 6) is -0.761. The molecule has 0 N–H and O–H groups in total. The lowest BCUT2D eigenvalue weighted by Gasteiger charge is -2.28. The van der Waals surface area contributed by atoms with Gasteiger partial charge in [0.2, 0.25) is 0 Å². The second kappa shape index (κ2) is 10.7. The summed E-state index contributed by atoms with van der Waals surface area (Å²) in [5.41, 5.74) is 0.273. The topological polar surface area (TPSA) is 107 Å². The van der Waals surface area contributed by atoms with E-state index in [4.69, 9.17) is 4.74 Å². The van der Waals surface area contributed by atoms with Crippen LogP contribution in [0.3, 0.4) is 0 Å². The molecule has 28 heavy (non-hydrogen) atoms. The van der Waals surface area contributed by atoms with Crippen molar-refractivity contribution in [1.29, 1.82) is 0 Å². The van der Waals surface area contributed by atoms with Gasteiger partial charge in [0.05, 0.1) is 12.0 Å². The Morgan fingerprint density at radius 2 is 2.00 bits per heavy atom. The Morgan fingerprint density at radius 3 is 2.54 bits per heavy atom. The van der Waals surface area contributed by atoms with Gasteiger partial charge in [0.15, 0.2) is 4.90 Å². The maximum absolute atomic E-state index is 13.3. The lowest BCUT2D eigenvalue weighted by atomic mass is 10.1. The molecule has 1 aromatic rings. The highest BCUT2D eigenvalue weighted by molar-refractivity contribution is 7.89. The van der Waals surface area contributed by atoms with Crippen LogP contribution in [0.4, 0.5) is 5.69 Å². The fraction of sp³-hybridized carbons (Fsp3) is 0.421. The molecule has 0 unspecified atom stereocenters. The Bertz CT molecular complexity index is 835. The molecule has 9 heteroatoms. The number of nitro groups is 1. The maximum Gasteiger partial charge on any atom is 0.324 e. The Balaban J connectivity index is 3.47. The van der Waals surface area contributed by atoms with E-state index in [0.717, 1.165) is 35.5 Å². The van der Waals surface area contributed by atoms with Crippen LogP contribution in [0.1, 0.15) is 32.6 Å². The van der Waals surface area contributed by atoms with Crippen molar-refractivity contribution in [1.82, 2.24) is 4.31 Å². The summed E-state index contributed by atoms with van der Waals surface area (Å²) in [7, 11) is -3.20. The molecule has 8 nitrogen and oxygen atoms in total. The predicted molar refractivity (Wildman–Crippen MR) is 106 cm³/mol. The molecule has 0 saturated carbocycles. The molecule has 1 rings (SSSR count). The molecule has 1 aromatic carbocycles. The number of carbonyl (C=O) groups is 1. The minimum Gasteiger partial charge on any atom is -0.468 e. The van der Waals surface area contributed by atoms with Crippen molar-refractivity contribution in [3.05, 3.63) is 59.2 Å². The number of nitrogens with zero attached hydrogens (tertiary/aromatic N) is 2. The van der Waals surface area contributed by atoms with Crippen LogP contribution in [0.2, 0.25) is 0 Å². The van der Waals surface area contributed by atoms with Crippen LogP contribution in [-0.2, 0) is 19.6 Å². The number of para-hydroxylation sites is 1. The van der Waals surface area contributed by atoms with Crippen molar-refractivity contribution in [3.63, 3.8) is 0 Å². The molecular weight excluding hydrogens is 384 g/mol. The number of carbonyl (C=O) groups excluding carboxylic acids is 1. The summed E-state index contributed by atoms with van der Waals surface area (Å²) in [6, 6.07) is 3.87. The van der Waals surface area contributed by atoms with Gasteiger partial charge < -0.3 is 4.74 Å². The van der Waals surface area contributed by atoms with Crippen LogP contribution in [0.5, 0.6) is 0 Å². The van der Waals surface area contributed by atoms with Crippen molar-refractivity contribution in [3.8, 4) is 0 Å². The van der Waals surface area contributed by atoms with Gasteiger partial charge in [-0.1, -0.05) is 43.7 Å². The molecule has 0 spiro atoms. The highest BCUT2D eigenvalue weighted by atomic mass is 32.2. The van der Waals surface area contributed by atoms with E-state index in [2.05, 4.69) is 13.2 Å². The van der Waals surface area contributed by atoms with E-state index in [1.165, 1.54) is 18.2 Å². The summed E-state index contributed by atoms with van der Waals surface area (Å²) in [6.07, 6.45) is 3.29. The van der Waals surface area contributed by atoms with Gasteiger partial charge in [-0.3, -0.25) is 14.9 Å². The van der Waals surface area contributed by atoms with E-state index in [1.54, 1.807) is 0 Å². The number of methoxy groups -OCH3 is 1. The lowest BCUT2D eigenvalue weighted by Crippen LogP contribution is -2.46. The predicted octanol–water partition coefficient (Wildman–Crippen LogP) is 3.45. The minimum atomic E-state index is -4.36. The second-order valence-corrected chi connectivity index (χ2v) is 8.01. The number of sulfonamides is 1. The Morgan fingerprint density at radius 1 is 1.36 bits per heavy atom. The standard InChI is InChI=1S/C19H26N2O6S/c1-5-9-15(3)13-14-20(17(10-6-2)19(22)27-4)28(25,26)18-12-8-7-11-16(18)21(23)24/h6-8,11-12,17H,2-3,5,9-10,13-14H2,1,4H3/t17-/m0/s1. The van der Waals surface area contributed by atoms with Crippen LogP contribution in [0.25, 0.3) is 0 Å². The van der Waals surface area contributed by atoms with Gasteiger partial charge in [-0.2, -0.15) is 4.31 Å². The van der Waals surface area contributed by atoms with Crippen molar-refractivity contribution < 1.29 is 22.9 Å². The third kappa shape index (κ3) is 5.74. The summed E-state index contributed by atoms with van der Waals surface area (Å²) in [5, 5.41) is 11.3. The van der Waals surface area contributed by atoms with Crippen molar-refractivity contribution >= 4 is 21.7 Å². The smallest absolute Gasteiger partial charge is 0.324 e. The minimum absolute atomic E-state index is 0.00673. The molecule has 0 aliphatic carbocycles. The van der Waals surface area contributed by atoms with Crippen LogP contribution in [0, 0.1) is 10.1 Å². The van der Waals surface area contributed by atoms with Gasteiger partial charge in [0, 0.05) is 12.6 Å². The third-order valence-corrected chi connectivity index (χ3v) is 6.10. The molecule has 0 heterocycles. The molecule has 0 saturated heterocycles. The lowest BCUT2D eigenvalue weighted by molar-refractivity contribution is -0.387. The molecule has 0 aromatic heterocycles. The number of hydrogen-bond acceptors (Lipinski definition) is 6. The summed E-state index contributed by atoms with van der Waals surface area (Å²) < 4.78 is 32.3. The van der Waals surface area contributed by atoms with E-state index in [1.807, 2.05) is 6.92 Å². The van der Waals surface area contributed by atoms with Crippen molar-refractivity contribution in [2.24, 2.45) is 0 Å². The summed E-state index contributed by atoms with van der Waals surface area (Å²) >= 11 is 0. The van der Waals surface area contributed by atoms with E-state index >= 15 is 0 Å². The molecule has 0 radical (unpaired) electrons. The SMILES string of the molecule is C=CC[C@@H](C(=O)OC)N(CCC(=C)CCC)S(=O)(=O)c1ccccc1[N+](=O)[O-]. The van der Waals surface area contributed by atoms with Gasteiger partial charge in [-0.15, -0.1) is 6.58 Å². The number of ether oxygens (including phenoxy) is 1. The monoisotopic (exact) mass is 410 g/mol. The average Bonchev–Trinajstić information content (AvgIpc) is 2.66. The zero-order chi connectivity index (χ0) is 21.3. The zero-order valence-electron chi connectivity index (χ0n) is 16.2. The highest BCUT2D eigenvalue weighted by Gasteiger charge is 2.38. The van der Waals surface area contributed by atoms with Crippen molar-refractivity contribution in [2.75, 3.05) is 13.7 Å². The number of benzene rings is 1. The quantitative estimate of drug-likeness (QED) is 0.226. The Hall–Kier alpha value is -2.52. The van der Waals surface area contributed by atoms with Gasteiger partial charge in [-0.05, 0) is 25.3 Å². The number of hydrogen-bond donors (Lipinski definition) is 0. The Kier molecular flexibility index (Phi) is 9.01. The highest BCUT2D eigenvalue weighted by Crippen LogP contribution is 2.29. The fourth-order valence-electron chi connectivity index (χ4n) is 2.77. The third-order valence-electron chi connectivity index (χ3n) is 4.15. The number of rotatable bonds is 12. The van der Waals surface area contributed by atoms with Gasteiger partial charge >= 0.3 is 5.97 Å². The molecule has 0 bridgehead atoms. The molecule has 1 atom stereocenters. The molecule has 154 valence electrons. The van der Waals surface area contributed by atoms with E-state index in [-0.39, 0.29) is 13.0 Å².